The number of halogens is 1. The Bertz CT molecular complexity index is 1670. The molecule has 0 unspecified atom stereocenters. The molecule has 5 rings (SSSR count). The monoisotopic (exact) mass is 545 g/mol. The predicted octanol–water partition coefficient (Wildman–Crippen LogP) is 4.64. The van der Waals surface area contributed by atoms with E-state index >= 15 is 0 Å². The Labute approximate surface area is 228 Å². The third-order valence-electron chi connectivity index (χ3n) is 5.81. The second-order valence-corrected chi connectivity index (χ2v) is 8.77. The Morgan fingerprint density at radius 1 is 0.974 bits per heavy atom. The van der Waals surface area contributed by atoms with Crippen molar-refractivity contribution in [3.63, 3.8) is 0 Å². The molecule has 0 spiro atoms. The zero-order valence-electron chi connectivity index (χ0n) is 21.5. The quantitative estimate of drug-likeness (QED) is 0.280. The standard InChI is InChI=1S/C27H24ClN7O4/c1-16-11-23(32-24(36)10-5-17-12-21(37-2)25(39-4)22(13-17)38-3)35(33-16)27-20-14-31-34(26(20)29-15-30-27)19-8-6-18(28)7-9-19/h5-15H,1-4H3,(H,32,36)/b10-5+. The number of anilines is 1. The number of carbonyl (C=O) groups is 1. The molecule has 0 bridgehead atoms. The molecule has 12 heteroatoms. The van der Waals surface area contributed by atoms with E-state index in [2.05, 4.69) is 25.5 Å². The van der Waals surface area contributed by atoms with Gasteiger partial charge in [-0.15, -0.1) is 0 Å². The maximum absolute atomic E-state index is 12.9. The number of hydrogen-bond acceptors (Lipinski definition) is 8. The van der Waals surface area contributed by atoms with Crippen LogP contribution >= 0.6 is 11.6 Å². The summed E-state index contributed by atoms with van der Waals surface area (Å²) >= 11 is 6.03. The van der Waals surface area contributed by atoms with Crippen LogP contribution in [0.15, 0.2) is 61.1 Å². The number of aryl methyl sites for hydroxylation is 1. The van der Waals surface area contributed by atoms with Crippen molar-refractivity contribution in [3.05, 3.63) is 77.3 Å². The number of nitrogens with one attached hydrogen (secondary N) is 1. The van der Waals surface area contributed by atoms with Crippen molar-refractivity contribution in [1.29, 1.82) is 0 Å². The van der Waals surface area contributed by atoms with Crippen LogP contribution in [-0.2, 0) is 4.79 Å². The fourth-order valence-corrected chi connectivity index (χ4v) is 4.19. The van der Waals surface area contributed by atoms with E-state index in [1.807, 2.05) is 19.1 Å². The van der Waals surface area contributed by atoms with E-state index in [0.717, 1.165) is 5.69 Å². The highest BCUT2D eigenvalue weighted by atomic mass is 35.5. The normalized spacial score (nSPS) is 11.2. The van der Waals surface area contributed by atoms with E-state index in [4.69, 9.17) is 25.8 Å². The van der Waals surface area contributed by atoms with E-state index in [1.165, 1.54) is 33.7 Å². The lowest BCUT2D eigenvalue weighted by molar-refractivity contribution is -0.111. The average Bonchev–Trinajstić information content (AvgIpc) is 3.54. The molecule has 39 heavy (non-hydrogen) atoms. The van der Waals surface area contributed by atoms with E-state index in [9.17, 15) is 4.79 Å². The lowest BCUT2D eigenvalue weighted by atomic mass is 10.1. The van der Waals surface area contributed by atoms with Crippen molar-refractivity contribution in [3.8, 4) is 28.8 Å². The third-order valence-corrected chi connectivity index (χ3v) is 6.07. The molecule has 3 heterocycles. The number of hydrogen-bond donors (Lipinski definition) is 1. The van der Waals surface area contributed by atoms with Gasteiger partial charge in [0.1, 0.15) is 12.1 Å². The molecule has 5 aromatic rings. The first-order valence-corrected chi connectivity index (χ1v) is 12.1. The van der Waals surface area contributed by atoms with Crippen LogP contribution in [0, 0.1) is 6.92 Å². The summed E-state index contributed by atoms with van der Waals surface area (Å²) in [6.07, 6.45) is 6.14. The van der Waals surface area contributed by atoms with Crippen molar-refractivity contribution in [1.82, 2.24) is 29.5 Å². The second kappa shape index (κ2) is 10.8. The molecule has 2 aromatic carbocycles. The van der Waals surface area contributed by atoms with Crippen molar-refractivity contribution in [2.75, 3.05) is 26.6 Å². The van der Waals surface area contributed by atoms with Gasteiger partial charge in [0, 0.05) is 17.2 Å². The molecule has 0 aliphatic carbocycles. The van der Waals surface area contributed by atoms with Gasteiger partial charge in [-0.3, -0.25) is 4.79 Å². The highest BCUT2D eigenvalue weighted by molar-refractivity contribution is 6.30. The molecule has 1 N–H and O–H groups in total. The summed E-state index contributed by atoms with van der Waals surface area (Å²) in [4.78, 5) is 21.8. The minimum Gasteiger partial charge on any atom is -0.493 e. The van der Waals surface area contributed by atoms with Crippen LogP contribution in [0.4, 0.5) is 5.82 Å². The molecule has 0 aliphatic rings. The van der Waals surface area contributed by atoms with E-state index in [1.54, 1.807) is 52.0 Å². The molecule has 0 radical (unpaired) electrons. The molecule has 198 valence electrons. The Hall–Kier alpha value is -4.90. The topological polar surface area (TPSA) is 118 Å². The lowest BCUT2D eigenvalue weighted by Gasteiger charge is -2.12. The predicted molar refractivity (Wildman–Crippen MR) is 147 cm³/mol. The Morgan fingerprint density at radius 3 is 2.36 bits per heavy atom. The van der Waals surface area contributed by atoms with Crippen molar-refractivity contribution < 1.29 is 19.0 Å². The van der Waals surface area contributed by atoms with Crippen LogP contribution in [0.2, 0.25) is 5.02 Å². The smallest absolute Gasteiger partial charge is 0.249 e. The summed E-state index contributed by atoms with van der Waals surface area (Å²) < 4.78 is 19.4. The fraction of sp³-hybridized carbons (Fsp3) is 0.148. The van der Waals surface area contributed by atoms with Gasteiger partial charge in [0.15, 0.2) is 23.0 Å². The molecule has 0 atom stereocenters. The molecule has 0 saturated carbocycles. The van der Waals surface area contributed by atoms with E-state index in [-0.39, 0.29) is 5.91 Å². The number of ether oxygens (including phenoxy) is 3. The molecule has 1 amide bonds. The highest BCUT2D eigenvalue weighted by Crippen LogP contribution is 2.38. The summed E-state index contributed by atoms with van der Waals surface area (Å²) in [7, 11) is 4.59. The number of carbonyl (C=O) groups excluding carboxylic acids is 1. The molecular weight excluding hydrogens is 522 g/mol. The van der Waals surface area contributed by atoms with E-state index < -0.39 is 0 Å². The summed E-state index contributed by atoms with van der Waals surface area (Å²) in [6, 6.07) is 12.5. The van der Waals surface area contributed by atoms with Crippen LogP contribution in [0.5, 0.6) is 17.2 Å². The Kier molecular flexibility index (Phi) is 7.15. The molecular formula is C27H24ClN7O4. The summed E-state index contributed by atoms with van der Waals surface area (Å²) in [5.74, 6) is 1.97. The molecule has 0 fully saturated rings. The zero-order chi connectivity index (χ0) is 27.5. The van der Waals surface area contributed by atoms with Gasteiger partial charge in [-0.1, -0.05) is 11.6 Å². The van der Waals surface area contributed by atoms with Crippen LogP contribution in [-0.4, -0.2) is 56.8 Å². The fourth-order valence-electron chi connectivity index (χ4n) is 4.06. The van der Waals surface area contributed by atoms with Gasteiger partial charge < -0.3 is 19.5 Å². The Balaban J connectivity index is 1.44. The number of fused-ring (bicyclic) bond motifs is 1. The largest absolute Gasteiger partial charge is 0.493 e. The van der Waals surface area contributed by atoms with Crippen LogP contribution < -0.4 is 19.5 Å². The van der Waals surface area contributed by atoms with Crippen molar-refractivity contribution in [2.24, 2.45) is 0 Å². The number of nitrogens with zero attached hydrogens (tertiary/aromatic N) is 6. The summed E-state index contributed by atoms with van der Waals surface area (Å²) in [5.41, 5.74) is 2.75. The zero-order valence-corrected chi connectivity index (χ0v) is 22.3. The first kappa shape index (κ1) is 25.7. The number of benzene rings is 2. The number of aromatic nitrogens is 6. The number of amides is 1. The number of rotatable bonds is 8. The average molecular weight is 546 g/mol. The molecule has 3 aromatic heterocycles. The summed E-state index contributed by atoms with van der Waals surface area (Å²) in [6.45, 7) is 1.83. The first-order chi connectivity index (χ1) is 18.9. The van der Waals surface area contributed by atoms with Gasteiger partial charge in [0.25, 0.3) is 0 Å². The van der Waals surface area contributed by atoms with Crippen LogP contribution in [0.3, 0.4) is 0 Å². The molecule has 11 nitrogen and oxygen atoms in total. The SMILES string of the molecule is COc1cc(/C=C/C(=O)Nc2cc(C)nn2-c2ncnc3c2cnn3-c2ccc(Cl)cc2)cc(OC)c1OC. The molecule has 0 saturated heterocycles. The van der Waals surface area contributed by atoms with Crippen LogP contribution in [0.25, 0.3) is 28.6 Å². The van der Waals surface area contributed by atoms with Crippen molar-refractivity contribution in [2.45, 2.75) is 6.92 Å². The summed E-state index contributed by atoms with van der Waals surface area (Å²) in [5, 5.41) is 13.2. The third kappa shape index (κ3) is 5.12. The van der Waals surface area contributed by atoms with Gasteiger partial charge in [-0.25, -0.2) is 14.6 Å². The van der Waals surface area contributed by atoms with Crippen molar-refractivity contribution >= 4 is 40.4 Å². The lowest BCUT2D eigenvalue weighted by Crippen LogP contribution is -2.13. The van der Waals surface area contributed by atoms with Crippen LogP contribution in [0.1, 0.15) is 11.3 Å². The van der Waals surface area contributed by atoms with Gasteiger partial charge in [0.2, 0.25) is 11.7 Å². The van der Waals surface area contributed by atoms with Gasteiger partial charge in [-0.05, 0) is 55.0 Å². The van der Waals surface area contributed by atoms with Gasteiger partial charge >= 0.3 is 0 Å². The minimum absolute atomic E-state index is 0.368. The van der Waals surface area contributed by atoms with Gasteiger partial charge in [-0.2, -0.15) is 14.9 Å². The first-order valence-electron chi connectivity index (χ1n) is 11.7. The number of methoxy groups -OCH3 is 3. The second-order valence-electron chi connectivity index (χ2n) is 8.33. The van der Waals surface area contributed by atoms with E-state index in [0.29, 0.717) is 56.2 Å². The Morgan fingerprint density at radius 2 is 1.69 bits per heavy atom. The molecule has 0 aliphatic heterocycles. The highest BCUT2D eigenvalue weighted by Gasteiger charge is 2.17. The van der Waals surface area contributed by atoms with Gasteiger partial charge in [0.05, 0.1) is 44.3 Å². The minimum atomic E-state index is -0.368. The maximum atomic E-state index is 12.9. The maximum Gasteiger partial charge on any atom is 0.249 e.